The van der Waals surface area contributed by atoms with Gasteiger partial charge in [0.1, 0.15) is 5.52 Å². The molecule has 7 nitrogen and oxygen atoms in total. The number of hydrogen-bond donors (Lipinski definition) is 1. The third-order valence-corrected chi connectivity index (χ3v) is 4.56. The van der Waals surface area contributed by atoms with Crippen LogP contribution in [0.1, 0.15) is 10.5 Å². The summed E-state index contributed by atoms with van der Waals surface area (Å²) >= 11 is 12.0. The van der Waals surface area contributed by atoms with Gasteiger partial charge >= 0.3 is 0 Å². The van der Waals surface area contributed by atoms with E-state index in [2.05, 4.69) is 15.4 Å². The molecule has 0 saturated carbocycles. The second kappa shape index (κ2) is 7.10. The predicted molar refractivity (Wildman–Crippen MR) is 109 cm³/mol. The molecule has 2 aromatic heterocycles. The number of nitrogens with one attached hydrogen (secondary N) is 1. The Balaban J connectivity index is 1.89. The number of aryl methyl sites for hydroxylation is 1. The first-order valence-electron chi connectivity index (χ1n) is 8.21. The number of nitrogens with zero attached hydrogens (tertiary/aromatic N) is 4. The van der Waals surface area contributed by atoms with Crippen LogP contribution in [-0.2, 0) is 7.05 Å². The summed E-state index contributed by atoms with van der Waals surface area (Å²) in [5.74, 6) is -0.506. The molecule has 9 heteroatoms. The minimum absolute atomic E-state index is 0.0210. The predicted octanol–water partition coefficient (Wildman–Crippen LogP) is 3.68. The molecular formula is C19H13Cl2N5O2. The molecule has 0 atom stereocenters. The molecule has 140 valence electrons. The first-order chi connectivity index (χ1) is 13.4. The third kappa shape index (κ3) is 3.26. The SMILES string of the molecule is Cn1cnc2c(C(=O)Nc3cccc(Cl)c3)nn(-c3cccc(Cl)c3)c2c1=O. The summed E-state index contributed by atoms with van der Waals surface area (Å²) < 4.78 is 2.70. The Hall–Kier alpha value is -3.16. The molecule has 4 rings (SSSR count). The monoisotopic (exact) mass is 413 g/mol. The smallest absolute Gasteiger partial charge is 0.279 e. The van der Waals surface area contributed by atoms with Crippen LogP contribution in [0.25, 0.3) is 16.7 Å². The molecular weight excluding hydrogens is 401 g/mol. The standard InChI is InChI=1S/C19H13Cl2N5O2/c1-25-10-22-15-16(18(27)23-13-6-2-4-11(20)8-13)24-26(17(15)19(25)28)14-7-3-5-12(21)9-14/h2-10H,1H3,(H,23,27). The van der Waals surface area contributed by atoms with Crippen molar-refractivity contribution in [3.8, 4) is 5.69 Å². The average molecular weight is 414 g/mol. The first kappa shape index (κ1) is 18.2. The number of carbonyl (C=O) groups excluding carboxylic acids is 1. The van der Waals surface area contributed by atoms with Gasteiger partial charge in [0.25, 0.3) is 11.5 Å². The quantitative estimate of drug-likeness (QED) is 0.555. The first-order valence-corrected chi connectivity index (χ1v) is 8.97. The van der Waals surface area contributed by atoms with Crippen LogP contribution in [0.15, 0.2) is 59.7 Å². The van der Waals surface area contributed by atoms with Gasteiger partial charge in [-0.15, -0.1) is 0 Å². The maximum atomic E-state index is 12.8. The minimum Gasteiger partial charge on any atom is -0.320 e. The number of halogens is 2. The van der Waals surface area contributed by atoms with Crippen molar-refractivity contribution in [3.05, 3.63) is 81.0 Å². The Morgan fingerprint density at radius 2 is 1.79 bits per heavy atom. The lowest BCUT2D eigenvalue weighted by atomic mass is 10.3. The van der Waals surface area contributed by atoms with E-state index in [1.54, 1.807) is 55.6 Å². The van der Waals surface area contributed by atoms with Crippen molar-refractivity contribution in [1.82, 2.24) is 19.3 Å². The summed E-state index contributed by atoms with van der Waals surface area (Å²) in [6, 6.07) is 13.6. The van der Waals surface area contributed by atoms with Crippen LogP contribution in [0.5, 0.6) is 0 Å². The van der Waals surface area contributed by atoms with E-state index >= 15 is 0 Å². The summed E-state index contributed by atoms with van der Waals surface area (Å²) in [6.07, 6.45) is 1.35. The van der Waals surface area contributed by atoms with E-state index in [1.807, 2.05) is 0 Å². The highest BCUT2D eigenvalue weighted by Gasteiger charge is 2.22. The summed E-state index contributed by atoms with van der Waals surface area (Å²) in [5.41, 5.74) is 1.12. The van der Waals surface area contributed by atoms with Gasteiger partial charge in [0.15, 0.2) is 11.2 Å². The Morgan fingerprint density at radius 3 is 2.50 bits per heavy atom. The summed E-state index contributed by atoms with van der Waals surface area (Å²) in [4.78, 5) is 29.8. The second-order valence-corrected chi connectivity index (χ2v) is 6.94. The number of amides is 1. The highest BCUT2D eigenvalue weighted by Crippen LogP contribution is 2.22. The van der Waals surface area contributed by atoms with Gasteiger partial charge in [0.05, 0.1) is 12.0 Å². The van der Waals surface area contributed by atoms with Gasteiger partial charge in [-0.1, -0.05) is 35.3 Å². The van der Waals surface area contributed by atoms with Crippen molar-refractivity contribution in [3.63, 3.8) is 0 Å². The molecule has 0 aliphatic heterocycles. The average Bonchev–Trinajstić information content (AvgIpc) is 3.05. The maximum absolute atomic E-state index is 12.8. The molecule has 1 amide bonds. The van der Waals surface area contributed by atoms with E-state index in [9.17, 15) is 9.59 Å². The molecule has 0 bridgehead atoms. The van der Waals surface area contributed by atoms with E-state index in [4.69, 9.17) is 23.2 Å². The van der Waals surface area contributed by atoms with E-state index in [1.165, 1.54) is 15.6 Å². The van der Waals surface area contributed by atoms with Crippen molar-refractivity contribution < 1.29 is 4.79 Å². The topological polar surface area (TPSA) is 81.8 Å². The van der Waals surface area contributed by atoms with Gasteiger partial charge in [0.2, 0.25) is 0 Å². The molecule has 0 unspecified atom stereocenters. The third-order valence-electron chi connectivity index (χ3n) is 4.09. The molecule has 0 spiro atoms. The molecule has 0 saturated heterocycles. The molecule has 28 heavy (non-hydrogen) atoms. The summed E-state index contributed by atoms with van der Waals surface area (Å²) in [6.45, 7) is 0. The number of rotatable bonds is 3. The van der Waals surface area contributed by atoms with Crippen LogP contribution in [0, 0.1) is 0 Å². The zero-order valence-corrected chi connectivity index (χ0v) is 16.1. The second-order valence-electron chi connectivity index (χ2n) is 6.06. The van der Waals surface area contributed by atoms with E-state index in [0.717, 1.165) is 0 Å². The molecule has 0 fully saturated rings. The van der Waals surface area contributed by atoms with Crippen molar-refractivity contribution in [1.29, 1.82) is 0 Å². The van der Waals surface area contributed by atoms with E-state index in [0.29, 0.717) is 21.4 Å². The lowest BCUT2D eigenvalue weighted by molar-refractivity contribution is 0.102. The number of carbonyl (C=O) groups is 1. The fourth-order valence-corrected chi connectivity index (χ4v) is 3.17. The number of fused-ring (bicyclic) bond motifs is 1. The van der Waals surface area contributed by atoms with Crippen LogP contribution in [0.2, 0.25) is 10.0 Å². The van der Waals surface area contributed by atoms with Crippen LogP contribution in [-0.4, -0.2) is 25.2 Å². The molecule has 0 radical (unpaired) electrons. The molecule has 2 aromatic carbocycles. The van der Waals surface area contributed by atoms with Crippen molar-refractivity contribution >= 4 is 45.8 Å². The van der Waals surface area contributed by atoms with E-state index < -0.39 is 5.91 Å². The fraction of sp³-hybridized carbons (Fsp3) is 0.0526. The van der Waals surface area contributed by atoms with Gasteiger partial charge in [-0.25, -0.2) is 9.67 Å². The van der Waals surface area contributed by atoms with Crippen LogP contribution in [0.4, 0.5) is 5.69 Å². The van der Waals surface area contributed by atoms with Crippen LogP contribution in [0.3, 0.4) is 0 Å². The van der Waals surface area contributed by atoms with Gasteiger partial charge in [-0.2, -0.15) is 5.10 Å². The lowest BCUT2D eigenvalue weighted by Gasteiger charge is -2.04. The number of benzene rings is 2. The van der Waals surface area contributed by atoms with Crippen molar-refractivity contribution in [2.45, 2.75) is 0 Å². The number of anilines is 1. The Labute approximate surface area is 169 Å². The van der Waals surface area contributed by atoms with Crippen LogP contribution < -0.4 is 10.9 Å². The molecule has 0 aliphatic carbocycles. The lowest BCUT2D eigenvalue weighted by Crippen LogP contribution is -2.19. The van der Waals surface area contributed by atoms with Crippen molar-refractivity contribution in [2.24, 2.45) is 7.05 Å². The molecule has 4 aromatic rings. The number of aromatic nitrogens is 4. The maximum Gasteiger partial charge on any atom is 0.279 e. The van der Waals surface area contributed by atoms with Gasteiger partial charge in [-0.05, 0) is 36.4 Å². The zero-order chi connectivity index (χ0) is 19.8. The van der Waals surface area contributed by atoms with Crippen LogP contribution >= 0.6 is 23.2 Å². The van der Waals surface area contributed by atoms with Gasteiger partial charge in [0, 0.05) is 22.8 Å². The Bertz CT molecular complexity index is 1280. The van der Waals surface area contributed by atoms with Gasteiger partial charge in [-0.3, -0.25) is 9.59 Å². The fourth-order valence-electron chi connectivity index (χ4n) is 2.79. The highest BCUT2D eigenvalue weighted by molar-refractivity contribution is 6.31. The summed E-state index contributed by atoms with van der Waals surface area (Å²) in [7, 11) is 1.58. The van der Waals surface area contributed by atoms with Gasteiger partial charge < -0.3 is 9.88 Å². The largest absolute Gasteiger partial charge is 0.320 e. The minimum atomic E-state index is -0.506. The van der Waals surface area contributed by atoms with Crippen molar-refractivity contribution in [2.75, 3.05) is 5.32 Å². The summed E-state index contributed by atoms with van der Waals surface area (Å²) in [5, 5.41) is 8.05. The Morgan fingerprint density at radius 1 is 1.07 bits per heavy atom. The normalized spacial score (nSPS) is 11.0. The Kier molecular flexibility index (Phi) is 4.62. The molecule has 1 N–H and O–H groups in total. The molecule has 0 aliphatic rings. The van der Waals surface area contributed by atoms with E-state index in [-0.39, 0.29) is 22.3 Å². The zero-order valence-electron chi connectivity index (χ0n) is 14.6. The molecule has 2 heterocycles. The number of hydrogen-bond acceptors (Lipinski definition) is 4. The highest BCUT2D eigenvalue weighted by atomic mass is 35.5.